The molecular formula is C61H62O8Si2. The molecule has 0 saturated heterocycles. The standard InChI is InChI=1S/C61H62O8Si2/c1-33(2)70(34(3)4,35(5)6)68-51-31-45-47(62)27-29-49(64)53(45)55-41(51)23-25-43-57(55)58-44(60-59(43)66-61(67-60,39-19-15-13-16-20-39)40-21-17-14-18-22-40)26-24-42-52(69-71(36(7)8,37(9)10)38(11)12)32-46-48(63)28-30-50(65)54(46)56(42)58/h13-38H,1-12H3. The van der Waals surface area contributed by atoms with Gasteiger partial charge in [0.25, 0.3) is 16.6 Å². The molecule has 7 aromatic rings. The van der Waals surface area contributed by atoms with E-state index in [1.54, 1.807) is 12.1 Å². The fraction of sp³-hybridized carbons (Fsp3) is 0.311. The second-order valence-electron chi connectivity index (χ2n) is 21.6. The van der Waals surface area contributed by atoms with Gasteiger partial charge in [-0.15, -0.1) is 0 Å². The summed E-state index contributed by atoms with van der Waals surface area (Å²) in [6.07, 6.45) is 5.36. The lowest BCUT2D eigenvalue weighted by molar-refractivity contribution is -0.0447. The second kappa shape index (κ2) is 17.3. The molecule has 0 spiro atoms. The molecule has 71 heavy (non-hydrogen) atoms. The molecular weight excluding hydrogens is 917 g/mol. The molecule has 7 aromatic carbocycles. The highest BCUT2D eigenvalue weighted by atomic mass is 28.4. The zero-order valence-electron chi connectivity index (χ0n) is 42.8. The van der Waals surface area contributed by atoms with E-state index in [1.165, 1.54) is 24.3 Å². The zero-order valence-corrected chi connectivity index (χ0v) is 44.8. The van der Waals surface area contributed by atoms with Crippen molar-refractivity contribution in [1.29, 1.82) is 0 Å². The molecule has 0 atom stereocenters. The SMILES string of the molecule is CC(C)[Si](Oc1cc2c(c3c1ccc1c4c(c5ccc6c(O[Si](C(C)C)(C(C)C)C(C)C)cc7c(c6c5c13)C(=O)C=CC7=O)OC(c1ccccc1)(c1ccccc1)O4)C(=O)C=CC2=O)(C(C)C)C(C)C. The maximum Gasteiger partial charge on any atom is 0.305 e. The Balaban J connectivity index is 1.46. The van der Waals surface area contributed by atoms with Crippen LogP contribution in [0.1, 0.15) is 136 Å². The molecule has 0 radical (unpaired) electrons. The Labute approximate surface area is 418 Å². The first-order chi connectivity index (χ1) is 33.8. The molecule has 1 aliphatic heterocycles. The first-order valence-corrected chi connectivity index (χ1v) is 29.5. The Morgan fingerprint density at radius 2 is 0.704 bits per heavy atom. The predicted octanol–water partition coefficient (Wildman–Crippen LogP) is 16.0. The highest BCUT2D eigenvalue weighted by Crippen LogP contribution is 2.59. The summed E-state index contributed by atoms with van der Waals surface area (Å²) < 4.78 is 30.0. The van der Waals surface area contributed by atoms with Crippen LogP contribution in [0.2, 0.25) is 33.2 Å². The highest BCUT2D eigenvalue weighted by Gasteiger charge is 2.51. The second-order valence-corrected chi connectivity index (χ2v) is 32.3. The Morgan fingerprint density at radius 3 is 1.03 bits per heavy atom. The van der Waals surface area contributed by atoms with E-state index in [9.17, 15) is 19.2 Å². The quantitative estimate of drug-likeness (QED) is 0.0880. The van der Waals surface area contributed by atoms with Gasteiger partial charge in [0.2, 0.25) is 0 Å². The molecule has 0 amide bonds. The van der Waals surface area contributed by atoms with Gasteiger partial charge in [-0.05, 0) is 93.9 Å². The smallest absolute Gasteiger partial charge is 0.305 e. The molecule has 0 fully saturated rings. The number of hydrogen-bond acceptors (Lipinski definition) is 8. The summed E-state index contributed by atoms with van der Waals surface area (Å²) in [6.45, 7) is 26.6. The van der Waals surface area contributed by atoms with Crippen molar-refractivity contribution in [3.63, 3.8) is 0 Å². The first kappa shape index (κ1) is 48.0. The van der Waals surface area contributed by atoms with Gasteiger partial charge in [-0.2, -0.15) is 0 Å². The summed E-state index contributed by atoms with van der Waals surface area (Å²) in [5.41, 5.74) is 3.58. The van der Waals surface area contributed by atoms with Gasteiger partial charge in [-0.1, -0.05) is 144 Å². The number of allylic oxidation sites excluding steroid dienone is 4. The van der Waals surface area contributed by atoms with Crippen LogP contribution in [0, 0.1) is 0 Å². The van der Waals surface area contributed by atoms with E-state index in [2.05, 4.69) is 83.1 Å². The summed E-state index contributed by atoms with van der Waals surface area (Å²) in [5.74, 6) is -0.861. The van der Waals surface area contributed by atoms with Crippen LogP contribution in [-0.2, 0) is 5.79 Å². The van der Waals surface area contributed by atoms with Crippen LogP contribution in [0.4, 0.5) is 0 Å². The van der Waals surface area contributed by atoms with Crippen LogP contribution in [0.15, 0.2) is 121 Å². The maximum atomic E-state index is 14.8. The summed E-state index contributed by atoms with van der Waals surface area (Å²) in [6, 6.07) is 31.1. The molecule has 0 bridgehead atoms. The minimum absolute atomic E-state index is 0.189. The van der Waals surface area contributed by atoms with Gasteiger partial charge >= 0.3 is 5.79 Å². The van der Waals surface area contributed by atoms with E-state index >= 15 is 0 Å². The van der Waals surface area contributed by atoms with E-state index in [4.69, 9.17) is 18.3 Å². The number of benzene rings is 7. The zero-order chi connectivity index (χ0) is 50.6. The average Bonchev–Trinajstić information content (AvgIpc) is 3.76. The summed E-state index contributed by atoms with van der Waals surface area (Å²) >= 11 is 0. The van der Waals surface area contributed by atoms with Crippen molar-refractivity contribution < 1.29 is 37.5 Å². The number of carbonyl (C=O) groups excluding carboxylic acids is 4. The molecule has 10 rings (SSSR count). The van der Waals surface area contributed by atoms with Gasteiger partial charge < -0.3 is 18.3 Å². The van der Waals surface area contributed by atoms with E-state index < -0.39 is 22.4 Å². The third-order valence-electron chi connectivity index (χ3n) is 16.1. The molecule has 3 aliphatic rings. The monoisotopic (exact) mass is 978 g/mol. The van der Waals surface area contributed by atoms with Crippen molar-refractivity contribution >= 4 is 82.9 Å². The average molecular weight is 979 g/mol. The number of hydrogen-bond donors (Lipinski definition) is 0. The number of carbonyl (C=O) groups is 4. The molecule has 8 nitrogen and oxygen atoms in total. The topological polar surface area (TPSA) is 105 Å². The van der Waals surface area contributed by atoms with Gasteiger partial charge in [0.15, 0.2) is 34.6 Å². The normalized spacial score (nSPS) is 15.6. The number of fused-ring (bicyclic) bond motifs is 14. The van der Waals surface area contributed by atoms with E-state index in [0.29, 0.717) is 66.1 Å². The molecule has 0 N–H and O–H groups in total. The van der Waals surface area contributed by atoms with Crippen LogP contribution in [0.5, 0.6) is 23.0 Å². The van der Waals surface area contributed by atoms with Crippen molar-refractivity contribution in [2.75, 3.05) is 0 Å². The molecule has 0 aromatic heterocycles. The fourth-order valence-corrected chi connectivity index (χ4v) is 23.7. The Hall–Kier alpha value is -6.63. The van der Waals surface area contributed by atoms with Gasteiger partial charge in [0.1, 0.15) is 11.5 Å². The van der Waals surface area contributed by atoms with E-state index in [-0.39, 0.29) is 78.6 Å². The van der Waals surface area contributed by atoms with Gasteiger partial charge in [0, 0.05) is 76.5 Å². The van der Waals surface area contributed by atoms with Crippen LogP contribution in [-0.4, -0.2) is 39.8 Å². The van der Waals surface area contributed by atoms with Gasteiger partial charge in [0.05, 0.1) is 0 Å². The Morgan fingerprint density at radius 1 is 0.394 bits per heavy atom. The summed E-state index contributed by atoms with van der Waals surface area (Å²) in [7, 11) is -5.40. The molecule has 0 saturated carbocycles. The third kappa shape index (κ3) is 6.95. The highest BCUT2D eigenvalue weighted by molar-refractivity contribution is 6.79. The van der Waals surface area contributed by atoms with Crippen molar-refractivity contribution in [1.82, 2.24) is 0 Å². The van der Waals surface area contributed by atoms with E-state index in [0.717, 1.165) is 11.1 Å². The first-order valence-electron chi connectivity index (χ1n) is 25.2. The van der Waals surface area contributed by atoms with E-state index in [1.807, 2.05) is 84.9 Å². The van der Waals surface area contributed by atoms with Crippen LogP contribution >= 0.6 is 0 Å². The van der Waals surface area contributed by atoms with Gasteiger partial charge in [-0.3, -0.25) is 19.2 Å². The third-order valence-corrected chi connectivity index (χ3v) is 28.0. The minimum atomic E-state index is -2.70. The van der Waals surface area contributed by atoms with Crippen molar-refractivity contribution in [2.24, 2.45) is 0 Å². The predicted molar refractivity (Wildman–Crippen MR) is 290 cm³/mol. The summed E-state index contributed by atoms with van der Waals surface area (Å²) in [4.78, 5) is 58.3. The Bertz CT molecular complexity index is 3200. The molecule has 10 heteroatoms. The van der Waals surface area contributed by atoms with Gasteiger partial charge in [-0.25, -0.2) is 0 Å². The largest absolute Gasteiger partial charge is 0.542 e. The molecule has 1 heterocycles. The van der Waals surface area contributed by atoms with Crippen molar-refractivity contribution in [3.05, 3.63) is 155 Å². The molecule has 0 unspecified atom stereocenters. The maximum absolute atomic E-state index is 14.8. The van der Waals surface area contributed by atoms with Crippen molar-refractivity contribution in [3.8, 4) is 23.0 Å². The lowest BCUT2D eigenvalue weighted by Crippen LogP contribution is -2.50. The summed E-state index contributed by atoms with van der Waals surface area (Å²) in [5, 5.41) is 4.62. The Kier molecular flexibility index (Phi) is 11.7. The lowest BCUT2D eigenvalue weighted by Gasteiger charge is -2.42. The van der Waals surface area contributed by atoms with Crippen LogP contribution in [0.3, 0.4) is 0 Å². The number of ether oxygens (including phenoxy) is 2. The van der Waals surface area contributed by atoms with Crippen LogP contribution in [0.25, 0.3) is 43.1 Å². The number of rotatable bonds is 12. The number of ketones is 4. The van der Waals surface area contributed by atoms with Crippen molar-refractivity contribution in [2.45, 2.75) is 122 Å². The lowest BCUT2D eigenvalue weighted by atomic mass is 9.82. The molecule has 362 valence electrons. The van der Waals surface area contributed by atoms with Crippen LogP contribution < -0.4 is 18.3 Å². The molecule has 2 aliphatic carbocycles. The minimum Gasteiger partial charge on any atom is -0.542 e. The fourth-order valence-electron chi connectivity index (χ4n) is 13.1.